The van der Waals surface area contributed by atoms with Crippen molar-refractivity contribution < 1.29 is 0 Å². The summed E-state index contributed by atoms with van der Waals surface area (Å²) >= 11 is 6.69. The Bertz CT molecular complexity index is 2040. The van der Waals surface area contributed by atoms with Crippen LogP contribution in [-0.4, -0.2) is 18.4 Å². The molecule has 0 heterocycles. The fraction of sp³-hybridized carbons (Fsp3) is 0.222. The van der Waals surface area contributed by atoms with Crippen molar-refractivity contribution in [3.63, 3.8) is 0 Å². The van der Waals surface area contributed by atoms with Crippen LogP contribution in [0.3, 0.4) is 0 Å². The van der Waals surface area contributed by atoms with Gasteiger partial charge < -0.3 is 0 Å². The molecule has 2 aliphatic rings. The Morgan fingerprint density at radius 2 is 1.61 bits per heavy atom. The smallest absolute Gasteiger partial charge is 0.160 e. The average molecular weight is 662 g/mol. The number of nitrogens with zero attached hydrogens (tertiary/aromatic N) is 3. The molecule has 3 nitrogen and oxygen atoms in total. The molecule has 49 heavy (non-hydrogen) atoms. The van der Waals surface area contributed by atoms with E-state index < -0.39 is 0 Å². The van der Waals surface area contributed by atoms with Crippen molar-refractivity contribution in [1.29, 1.82) is 0 Å². The molecule has 246 valence electrons. The van der Waals surface area contributed by atoms with Crippen LogP contribution in [0.1, 0.15) is 66.5 Å². The lowest BCUT2D eigenvalue weighted by Crippen LogP contribution is -2.17. The summed E-state index contributed by atoms with van der Waals surface area (Å²) in [6.45, 7) is 13.2. The zero-order valence-electron chi connectivity index (χ0n) is 29.0. The third kappa shape index (κ3) is 8.42. The first kappa shape index (κ1) is 34.0. The van der Waals surface area contributed by atoms with E-state index in [-0.39, 0.29) is 5.92 Å². The van der Waals surface area contributed by atoms with E-state index >= 15 is 0 Å². The van der Waals surface area contributed by atoms with Crippen LogP contribution in [0.2, 0.25) is 5.02 Å². The SMILES string of the molecule is C=NC(=NC(=NCc1ccc(Cc2ccccc2C)cc1)C1C=C(C2=C(C)CCC=C2)C(C)=CC1)c1cc(Cl)cc(-c2ccc(C)cc2)c1. The molecule has 0 aromatic heterocycles. The zero-order valence-corrected chi connectivity index (χ0v) is 29.8. The second kappa shape index (κ2) is 15.6. The minimum absolute atomic E-state index is 0.0119. The highest BCUT2D eigenvalue weighted by Gasteiger charge is 2.22. The van der Waals surface area contributed by atoms with E-state index in [1.807, 2.05) is 12.1 Å². The summed E-state index contributed by atoms with van der Waals surface area (Å²) in [4.78, 5) is 14.8. The van der Waals surface area contributed by atoms with E-state index in [4.69, 9.17) is 21.6 Å². The number of hydrogen-bond donors (Lipinski definition) is 0. The molecule has 0 saturated carbocycles. The fourth-order valence-electron chi connectivity index (χ4n) is 6.52. The molecule has 4 aromatic carbocycles. The monoisotopic (exact) mass is 661 g/mol. The summed E-state index contributed by atoms with van der Waals surface area (Å²) in [5, 5.41) is 0.624. The lowest BCUT2D eigenvalue weighted by molar-refractivity contribution is 0.823. The first-order valence-corrected chi connectivity index (χ1v) is 17.5. The van der Waals surface area contributed by atoms with Gasteiger partial charge in [-0.15, -0.1) is 0 Å². The van der Waals surface area contributed by atoms with Gasteiger partial charge in [0.25, 0.3) is 0 Å². The molecule has 6 rings (SSSR count). The van der Waals surface area contributed by atoms with E-state index in [0.717, 1.165) is 53.8 Å². The van der Waals surface area contributed by atoms with Gasteiger partial charge in [-0.3, -0.25) is 4.99 Å². The Morgan fingerprint density at radius 1 is 0.857 bits per heavy atom. The molecule has 4 heteroatoms. The van der Waals surface area contributed by atoms with Crippen molar-refractivity contribution in [2.45, 2.75) is 59.9 Å². The highest BCUT2D eigenvalue weighted by atomic mass is 35.5. The summed E-state index contributed by atoms with van der Waals surface area (Å²) in [6.07, 6.45) is 13.1. The molecule has 1 unspecified atom stereocenters. The number of allylic oxidation sites excluding steroid dienone is 7. The summed E-state index contributed by atoms with van der Waals surface area (Å²) in [7, 11) is 0. The number of benzene rings is 4. The molecule has 0 aliphatic heterocycles. The number of halogens is 1. The van der Waals surface area contributed by atoms with Crippen LogP contribution in [0.15, 0.2) is 153 Å². The second-order valence-electron chi connectivity index (χ2n) is 13.2. The van der Waals surface area contributed by atoms with Crippen molar-refractivity contribution in [2.24, 2.45) is 20.9 Å². The summed E-state index contributed by atoms with van der Waals surface area (Å²) in [5.41, 5.74) is 14.5. The largest absolute Gasteiger partial charge is 0.265 e. The Kier molecular flexibility index (Phi) is 10.8. The van der Waals surface area contributed by atoms with Crippen molar-refractivity contribution in [2.75, 3.05) is 0 Å². The molecule has 0 radical (unpaired) electrons. The molecule has 0 saturated heterocycles. The third-order valence-corrected chi connectivity index (χ3v) is 9.75. The van der Waals surface area contributed by atoms with E-state index in [1.165, 1.54) is 44.5 Å². The van der Waals surface area contributed by atoms with Gasteiger partial charge in [0.15, 0.2) is 5.84 Å². The molecule has 2 aliphatic carbocycles. The van der Waals surface area contributed by atoms with Gasteiger partial charge in [-0.05, 0) is 128 Å². The number of amidine groups is 2. The number of aliphatic imine (C=N–C) groups is 3. The van der Waals surface area contributed by atoms with Crippen LogP contribution < -0.4 is 0 Å². The van der Waals surface area contributed by atoms with Crippen LogP contribution in [-0.2, 0) is 13.0 Å². The van der Waals surface area contributed by atoms with Crippen molar-refractivity contribution >= 4 is 30.0 Å². The van der Waals surface area contributed by atoms with Gasteiger partial charge >= 0.3 is 0 Å². The molecule has 1 atom stereocenters. The first-order valence-electron chi connectivity index (χ1n) is 17.1. The van der Waals surface area contributed by atoms with Crippen molar-refractivity contribution in [1.82, 2.24) is 0 Å². The first-order chi connectivity index (χ1) is 23.8. The summed E-state index contributed by atoms with van der Waals surface area (Å²) < 4.78 is 0. The van der Waals surface area contributed by atoms with E-state index in [0.29, 0.717) is 17.4 Å². The van der Waals surface area contributed by atoms with Gasteiger partial charge in [-0.25, -0.2) is 9.98 Å². The molecule has 4 aromatic rings. The standard InChI is InChI=1S/C45H44ClN3/c1-30-14-21-36(22-15-30)39-25-40(27-41(46)26-39)44(47-5)49-45(38-23-16-33(4)43(28-38)42-13-9-7-11-32(42)3)48-29-35-19-17-34(18-20-35)24-37-12-8-6-10-31(37)2/h6,8-10,12-22,25-28,38H,5,7,11,23-24,29H2,1-4H3. The molecule has 0 fully saturated rings. The highest BCUT2D eigenvalue weighted by Crippen LogP contribution is 2.35. The van der Waals surface area contributed by atoms with Gasteiger partial charge in [-0.1, -0.05) is 120 Å². The predicted octanol–water partition coefficient (Wildman–Crippen LogP) is 11.8. The maximum atomic E-state index is 6.69. The average Bonchev–Trinajstić information content (AvgIpc) is 3.11. The van der Waals surface area contributed by atoms with Crippen LogP contribution in [0.25, 0.3) is 11.1 Å². The number of hydrogen-bond acceptors (Lipinski definition) is 1. The molecular weight excluding hydrogens is 618 g/mol. The Labute approximate surface area is 296 Å². The van der Waals surface area contributed by atoms with Crippen LogP contribution in [0.4, 0.5) is 0 Å². The van der Waals surface area contributed by atoms with Crippen molar-refractivity contribution in [3.8, 4) is 11.1 Å². The lowest BCUT2D eigenvalue weighted by Gasteiger charge is -2.24. The summed E-state index contributed by atoms with van der Waals surface area (Å²) in [5.74, 6) is 1.24. The van der Waals surface area contributed by atoms with Gasteiger partial charge in [-0.2, -0.15) is 0 Å². The maximum absolute atomic E-state index is 6.69. The van der Waals surface area contributed by atoms with Crippen LogP contribution in [0, 0.1) is 19.8 Å². The lowest BCUT2D eigenvalue weighted by atomic mass is 9.83. The topological polar surface area (TPSA) is 37.1 Å². The molecule has 0 N–H and O–H groups in total. The minimum atomic E-state index is -0.0119. The van der Waals surface area contributed by atoms with Gasteiger partial charge in [0, 0.05) is 16.5 Å². The Morgan fingerprint density at radius 3 is 2.35 bits per heavy atom. The fourth-order valence-corrected chi connectivity index (χ4v) is 6.76. The molecule has 0 amide bonds. The second-order valence-corrected chi connectivity index (χ2v) is 13.7. The van der Waals surface area contributed by atoms with Gasteiger partial charge in [0.1, 0.15) is 5.84 Å². The van der Waals surface area contributed by atoms with Crippen LogP contribution >= 0.6 is 11.6 Å². The van der Waals surface area contributed by atoms with E-state index in [9.17, 15) is 0 Å². The molecular formula is C45H44ClN3. The van der Waals surface area contributed by atoms with Gasteiger partial charge in [0.05, 0.1) is 6.54 Å². The number of rotatable bonds is 8. The quantitative estimate of drug-likeness (QED) is 0.133. The number of aryl methyl sites for hydroxylation is 2. The van der Waals surface area contributed by atoms with Gasteiger partial charge in [0.2, 0.25) is 0 Å². The molecule has 0 bridgehead atoms. The zero-order chi connectivity index (χ0) is 34.3. The van der Waals surface area contributed by atoms with E-state index in [1.54, 1.807) is 0 Å². The minimum Gasteiger partial charge on any atom is -0.265 e. The Balaban J connectivity index is 1.36. The predicted molar refractivity (Wildman–Crippen MR) is 210 cm³/mol. The maximum Gasteiger partial charge on any atom is 0.160 e. The summed E-state index contributed by atoms with van der Waals surface area (Å²) in [6, 6.07) is 31.8. The Hall–Kier alpha value is -4.86. The van der Waals surface area contributed by atoms with E-state index in [2.05, 4.69) is 143 Å². The van der Waals surface area contributed by atoms with Crippen molar-refractivity contribution in [3.05, 3.63) is 176 Å². The highest BCUT2D eigenvalue weighted by molar-refractivity contribution is 6.31. The molecule has 0 spiro atoms. The normalized spacial score (nSPS) is 16.8. The van der Waals surface area contributed by atoms with Crippen LogP contribution in [0.5, 0.6) is 0 Å². The third-order valence-electron chi connectivity index (χ3n) is 9.54.